The molecule has 0 saturated heterocycles. The van der Waals surface area contributed by atoms with Crippen LogP contribution in [-0.4, -0.2) is 40.6 Å². The Morgan fingerprint density at radius 2 is 1.90 bits per heavy atom. The molecule has 10 heteroatoms. The number of nitriles is 1. The normalized spacial score (nSPS) is 12.5. The summed E-state index contributed by atoms with van der Waals surface area (Å²) in [7, 11) is 0. The van der Waals surface area contributed by atoms with E-state index in [-0.39, 0.29) is 29.8 Å². The molecule has 1 heterocycles. The molecular formula is C20H15ClN4O5. The van der Waals surface area contributed by atoms with Gasteiger partial charge in [0, 0.05) is 29.4 Å². The van der Waals surface area contributed by atoms with Crippen molar-refractivity contribution in [2.45, 2.75) is 13.3 Å². The minimum absolute atomic E-state index is 0.00399. The molecule has 0 aliphatic carbocycles. The number of hydrogen-bond donors (Lipinski definition) is 0. The van der Waals surface area contributed by atoms with E-state index < -0.39 is 29.2 Å². The molecule has 2 aromatic rings. The van der Waals surface area contributed by atoms with Gasteiger partial charge in [-0.2, -0.15) is 5.26 Å². The average molecular weight is 427 g/mol. The maximum Gasteiger partial charge on any atom is 0.270 e. The third-order valence-corrected chi connectivity index (χ3v) is 5.08. The van der Waals surface area contributed by atoms with Gasteiger partial charge in [0.25, 0.3) is 17.5 Å². The highest BCUT2D eigenvalue weighted by Gasteiger charge is 2.38. The first-order valence-electron chi connectivity index (χ1n) is 8.82. The first-order chi connectivity index (χ1) is 14.2. The molecule has 0 saturated carbocycles. The number of anilines is 1. The molecular weight excluding hydrogens is 412 g/mol. The van der Waals surface area contributed by atoms with Gasteiger partial charge in [0.1, 0.15) is 6.54 Å². The molecule has 0 radical (unpaired) electrons. The number of non-ortho nitro benzene ring substituents is 1. The van der Waals surface area contributed by atoms with Crippen LogP contribution in [-0.2, 0) is 4.79 Å². The zero-order valence-corrected chi connectivity index (χ0v) is 16.5. The highest BCUT2D eigenvalue weighted by Crippen LogP contribution is 2.28. The molecule has 0 unspecified atom stereocenters. The van der Waals surface area contributed by atoms with E-state index in [1.807, 2.05) is 6.07 Å². The number of carbonyl (C=O) groups is 3. The van der Waals surface area contributed by atoms with Gasteiger partial charge >= 0.3 is 0 Å². The quantitative estimate of drug-likeness (QED) is 0.397. The molecule has 0 atom stereocenters. The van der Waals surface area contributed by atoms with E-state index in [0.717, 1.165) is 22.6 Å². The summed E-state index contributed by atoms with van der Waals surface area (Å²) in [5, 5.41) is 20.4. The van der Waals surface area contributed by atoms with Crippen LogP contribution in [0, 0.1) is 28.4 Å². The highest BCUT2D eigenvalue weighted by atomic mass is 35.5. The number of benzene rings is 2. The summed E-state index contributed by atoms with van der Waals surface area (Å²) in [5.41, 5.74) is 0.758. The second-order valence-electron chi connectivity index (χ2n) is 6.57. The summed E-state index contributed by atoms with van der Waals surface area (Å²) in [5.74, 6) is -2.05. The van der Waals surface area contributed by atoms with E-state index in [2.05, 4.69) is 0 Å². The second kappa shape index (κ2) is 8.31. The zero-order chi connectivity index (χ0) is 22.0. The minimum Gasteiger partial charge on any atom is -0.310 e. The van der Waals surface area contributed by atoms with Gasteiger partial charge in [0.2, 0.25) is 5.91 Å². The highest BCUT2D eigenvalue weighted by molar-refractivity contribution is 6.31. The molecule has 30 heavy (non-hydrogen) atoms. The largest absolute Gasteiger partial charge is 0.310 e. The Bertz CT molecular complexity index is 1120. The van der Waals surface area contributed by atoms with E-state index in [1.54, 1.807) is 25.1 Å². The van der Waals surface area contributed by atoms with Crippen LogP contribution in [0.4, 0.5) is 11.4 Å². The number of nitro groups is 1. The number of nitro benzene ring substituents is 1. The third-order valence-electron chi connectivity index (χ3n) is 4.66. The summed E-state index contributed by atoms with van der Waals surface area (Å²) >= 11 is 6.03. The van der Waals surface area contributed by atoms with E-state index in [9.17, 15) is 24.5 Å². The Balaban J connectivity index is 1.87. The number of aryl methyl sites for hydroxylation is 1. The van der Waals surface area contributed by atoms with E-state index >= 15 is 0 Å². The first kappa shape index (κ1) is 21.0. The molecule has 2 aromatic carbocycles. The van der Waals surface area contributed by atoms with Gasteiger partial charge in [-0.05, 0) is 36.8 Å². The van der Waals surface area contributed by atoms with E-state index in [0.29, 0.717) is 10.7 Å². The molecule has 9 nitrogen and oxygen atoms in total. The van der Waals surface area contributed by atoms with Crippen molar-refractivity contribution in [3.8, 4) is 6.07 Å². The van der Waals surface area contributed by atoms with Gasteiger partial charge in [-0.1, -0.05) is 11.6 Å². The number of rotatable bonds is 6. The molecule has 1 aliphatic heterocycles. The van der Waals surface area contributed by atoms with E-state index in [1.165, 1.54) is 11.0 Å². The SMILES string of the molecule is Cc1cc(N(CCC#N)C(=O)CN2C(=O)c3ccc([N+](=O)[O-])cc3C2=O)ccc1Cl. The minimum atomic E-state index is -0.778. The van der Waals surface area contributed by atoms with Crippen molar-refractivity contribution < 1.29 is 19.3 Å². The third kappa shape index (κ3) is 3.86. The van der Waals surface area contributed by atoms with Crippen molar-refractivity contribution >= 4 is 40.7 Å². The van der Waals surface area contributed by atoms with Crippen LogP contribution in [0.3, 0.4) is 0 Å². The molecule has 0 N–H and O–H groups in total. The molecule has 0 aromatic heterocycles. The number of carbonyl (C=O) groups excluding carboxylic acids is 3. The number of nitrogens with zero attached hydrogens (tertiary/aromatic N) is 4. The van der Waals surface area contributed by atoms with Gasteiger partial charge in [-0.3, -0.25) is 29.4 Å². The number of imide groups is 1. The Labute approximate surface area is 176 Å². The van der Waals surface area contributed by atoms with Crippen molar-refractivity contribution in [2.75, 3.05) is 18.0 Å². The fraction of sp³-hybridized carbons (Fsp3) is 0.200. The van der Waals surface area contributed by atoms with Crippen LogP contribution in [0.2, 0.25) is 5.02 Å². The summed E-state index contributed by atoms with van der Waals surface area (Å²) in [6.07, 6.45) is 0.0434. The van der Waals surface area contributed by atoms with Gasteiger partial charge in [-0.25, -0.2) is 0 Å². The molecule has 3 rings (SSSR count). The topological polar surface area (TPSA) is 125 Å². The van der Waals surface area contributed by atoms with Crippen LogP contribution in [0.1, 0.15) is 32.7 Å². The average Bonchev–Trinajstić information content (AvgIpc) is 2.95. The number of fused-ring (bicyclic) bond motifs is 1. The fourth-order valence-corrected chi connectivity index (χ4v) is 3.23. The van der Waals surface area contributed by atoms with Crippen LogP contribution in [0.25, 0.3) is 0 Å². The van der Waals surface area contributed by atoms with Gasteiger partial charge in [0.15, 0.2) is 0 Å². The summed E-state index contributed by atoms with van der Waals surface area (Å²) in [4.78, 5) is 50.5. The van der Waals surface area contributed by atoms with Crippen molar-refractivity contribution in [2.24, 2.45) is 0 Å². The standard InChI is InChI=1S/C20H15ClN4O5/c1-12-9-13(4-6-17(12)21)23(8-2-7-22)18(26)11-24-19(27)15-5-3-14(25(29)30)10-16(15)20(24)28/h3-6,9-10H,2,8,11H2,1H3. The van der Waals surface area contributed by atoms with Crippen LogP contribution in [0.15, 0.2) is 36.4 Å². The van der Waals surface area contributed by atoms with E-state index in [4.69, 9.17) is 16.9 Å². The fourth-order valence-electron chi connectivity index (χ4n) is 3.11. The van der Waals surface area contributed by atoms with Gasteiger partial charge in [-0.15, -0.1) is 0 Å². The maximum absolute atomic E-state index is 12.9. The second-order valence-corrected chi connectivity index (χ2v) is 6.98. The molecule has 152 valence electrons. The number of amides is 3. The lowest BCUT2D eigenvalue weighted by Gasteiger charge is -2.24. The molecule has 0 bridgehead atoms. The Hall–Kier alpha value is -3.77. The summed E-state index contributed by atoms with van der Waals surface area (Å²) in [6, 6.07) is 10.2. The van der Waals surface area contributed by atoms with Gasteiger partial charge in [0.05, 0.1) is 28.5 Å². The summed E-state index contributed by atoms with van der Waals surface area (Å²) < 4.78 is 0. The lowest BCUT2D eigenvalue weighted by Crippen LogP contribution is -2.43. The van der Waals surface area contributed by atoms with Crippen molar-refractivity contribution in [3.63, 3.8) is 0 Å². The predicted octanol–water partition coefficient (Wildman–Crippen LogP) is 3.10. The first-order valence-corrected chi connectivity index (χ1v) is 9.20. The summed E-state index contributed by atoms with van der Waals surface area (Å²) in [6.45, 7) is 1.26. The Morgan fingerprint density at radius 1 is 1.20 bits per heavy atom. The van der Waals surface area contributed by atoms with Crippen molar-refractivity contribution in [1.82, 2.24) is 4.90 Å². The number of hydrogen-bond acceptors (Lipinski definition) is 6. The lowest BCUT2D eigenvalue weighted by molar-refractivity contribution is -0.384. The van der Waals surface area contributed by atoms with Crippen molar-refractivity contribution in [3.05, 3.63) is 68.2 Å². The Kier molecular flexibility index (Phi) is 5.80. The van der Waals surface area contributed by atoms with Gasteiger partial charge < -0.3 is 4.90 Å². The van der Waals surface area contributed by atoms with Crippen LogP contribution in [0.5, 0.6) is 0 Å². The van der Waals surface area contributed by atoms with Crippen LogP contribution < -0.4 is 4.90 Å². The molecule has 3 amide bonds. The smallest absolute Gasteiger partial charge is 0.270 e. The zero-order valence-electron chi connectivity index (χ0n) is 15.8. The molecule has 0 fully saturated rings. The molecule has 0 spiro atoms. The number of halogens is 1. The van der Waals surface area contributed by atoms with Crippen molar-refractivity contribution in [1.29, 1.82) is 5.26 Å². The van der Waals surface area contributed by atoms with Crippen LogP contribution >= 0.6 is 11.6 Å². The predicted molar refractivity (Wildman–Crippen MR) is 107 cm³/mol. The molecule has 1 aliphatic rings. The maximum atomic E-state index is 12.9. The Morgan fingerprint density at radius 3 is 2.53 bits per heavy atom. The monoisotopic (exact) mass is 426 g/mol. The lowest BCUT2D eigenvalue weighted by atomic mass is 10.1.